The van der Waals surface area contributed by atoms with Gasteiger partial charge in [0.1, 0.15) is 6.10 Å². The Balaban J connectivity index is 1.46. The Labute approximate surface area is 234 Å². The maximum absolute atomic E-state index is 6.12. The molecule has 0 saturated carbocycles. The van der Waals surface area contributed by atoms with Crippen molar-refractivity contribution in [3.8, 4) is 16.9 Å². The Bertz CT molecular complexity index is 1810. The van der Waals surface area contributed by atoms with Crippen LogP contribution in [0.3, 0.4) is 0 Å². The minimum Gasteiger partial charge on any atom is -0.372 e. The second-order valence-electron chi connectivity index (χ2n) is 10.7. The van der Waals surface area contributed by atoms with Gasteiger partial charge in [0.2, 0.25) is 0 Å². The molecule has 0 spiro atoms. The van der Waals surface area contributed by atoms with Gasteiger partial charge in [0.05, 0.1) is 29.1 Å². The van der Waals surface area contributed by atoms with E-state index in [4.69, 9.17) is 19.9 Å². The molecule has 0 aliphatic carbocycles. The number of aromatic nitrogens is 7. The zero-order chi connectivity index (χ0) is 28.0. The van der Waals surface area contributed by atoms with E-state index in [0.717, 1.165) is 55.8 Å². The van der Waals surface area contributed by atoms with Crippen molar-refractivity contribution in [2.45, 2.75) is 53.2 Å². The summed E-state index contributed by atoms with van der Waals surface area (Å²) in [6, 6.07) is 18.8. The fraction of sp³-hybridized carbons (Fsp3) is 0.312. The van der Waals surface area contributed by atoms with Gasteiger partial charge in [-0.25, -0.2) is 9.67 Å². The van der Waals surface area contributed by atoms with Gasteiger partial charge in [-0.05, 0) is 44.4 Å². The van der Waals surface area contributed by atoms with Gasteiger partial charge in [0.25, 0.3) is 0 Å². The van der Waals surface area contributed by atoms with Crippen molar-refractivity contribution in [3.63, 3.8) is 0 Å². The molecule has 0 fully saturated rings. The van der Waals surface area contributed by atoms with Gasteiger partial charge in [-0.3, -0.25) is 9.36 Å². The average Bonchev–Trinajstić information content (AvgIpc) is 3.61. The minimum atomic E-state index is -0.0745. The molecule has 0 saturated heterocycles. The lowest BCUT2D eigenvalue weighted by molar-refractivity contribution is 0.0473. The molecule has 4 heterocycles. The van der Waals surface area contributed by atoms with Crippen LogP contribution in [0.25, 0.3) is 38.9 Å². The number of benzene rings is 2. The molecule has 40 heavy (non-hydrogen) atoms. The lowest BCUT2D eigenvalue weighted by atomic mass is 9.95. The van der Waals surface area contributed by atoms with E-state index in [9.17, 15) is 0 Å². The first-order valence-electron chi connectivity index (χ1n) is 13.9. The predicted octanol–water partition coefficient (Wildman–Crippen LogP) is 6.69. The van der Waals surface area contributed by atoms with E-state index >= 15 is 0 Å². The zero-order valence-electron chi connectivity index (χ0n) is 24.0. The molecule has 6 rings (SSSR count). The summed E-state index contributed by atoms with van der Waals surface area (Å²) in [5.41, 5.74) is 9.10. The maximum atomic E-state index is 6.12. The summed E-state index contributed by atoms with van der Waals surface area (Å²) < 4.78 is 12.0. The molecule has 0 bridgehead atoms. The van der Waals surface area contributed by atoms with Crippen molar-refractivity contribution in [2.75, 3.05) is 6.61 Å². The van der Waals surface area contributed by atoms with E-state index < -0.39 is 0 Å². The second-order valence-corrected chi connectivity index (χ2v) is 10.7. The molecule has 8 heteroatoms. The largest absolute Gasteiger partial charge is 0.372 e. The topological polar surface area (TPSA) is 75.6 Å². The number of rotatable bonds is 8. The Morgan fingerprint density at radius 1 is 0.925 bits per heavy atom. The van der Waals surface area contributed by atoms with E-state index in [-0.39, 0.29) is 12.0 Å². The summed E-state index contributed by atoms with van der Waals surface area (Å²) in [4.78, 5) is 4.77. The molecule has 0 unspecified atom stereocenters. The minimum absolute atomic E-state index is 0.0745. The van der Waals surface area contributed by atoms with Gasteiger partial charge in [-0.15, -0.1) is 0 Å². The highest BCUT2D eigenvalue weighted by Crippen LogP contribution is 2.37. The van der Waals surface area contributed by atoms with Gasteiger partial charge in [-0.2, -0.15) is 15.3 Å². The molecule has 0 aliphatic rings. The summed E-state index contributed by atoms with van der Waals surface area (Å²) in [5.74, 6) is 0.282. The molecule has 0 amide bonds. The molecular formula is C32H35N7O. The zero-order valence-corrected chi connectivity index (χ0v) is 24.0. The molecule has 1 atom stereocenters. The Morgan fingerprint density at radius 3 is 2.48 bits per heavy atom. The van der Waals surface area contributed by atoms with Gasteiger partial charge < -0.3 is 4.74 Å². The molecular weight excluding hydrogens is 498 g/mol. The molecule has 0 aliphatic heterocycles. The molecule has 4 aromatic heterocycles. The normalized spacial score (nSPS) is 12.7. The van der Waals surface area contributed by atoms with E-state index in [0.29, 0.717) is 13.2 Å². The Hall–Kier alpha value is -4.30. The molecule has 2 aromatic carbocycles. The predicted molar refractivity (Wildman–Crippen MR) is 159 cm³/mol. The summed E-state index contributed by atoms with van der Waals surface area (Å²) >= 11 is 0. The molecule has 0 N–H and O–H groups in total. The standard InChI is InChI=1S/C32H35N7O/c1-7-40-29(23-12-9-8-10-13-23)19-38-18-26-25(14-11-15-27(26)34-38)31-30(20(2)3)22(5)39(35-31)28-16-24-17-37(6)36-32(24)33-21(28)4/h8-18,20,29H,7,19H2,1-6H3/t29-/m0/s1. The van der Waals surface area contributed by atoms with Crippen molar-refractivity contribution >= 4 is 21.9 Å². The van der Waals surface area contributed by atoms with E-state index in [1.54, 1.807) is 4.68 Å². The van der Waals surface area contributed by atoms with E-state index in [1.165, 1.54) is 5.56 Å². The van der Waals surface area contributed by atoms with Gasteiger partial charge >= 0.3 is 0 Å². The van der Waals surface area contributed by atoms with Crippen LogP contribution in [0.15, 0.2) is 67.0 Å². The SMILES string of the molecule is CCO[C@@H](Cn1cc2c(-c3nn(-c4cc5cn(C)nc5nc4C)c(C)c3C(C)C)cccc2n1)c1ccccc1. The average molecular weight is 534 g/mol. The fourth-order valence-corrected chi connectivity index (χ4v) is 5.69. The van der Waals surface area contributed by atoms with Gasteiger partial charge in [0, 0.05) is 53.6 Å². The molecule has 0 radical (unpaired) electrons. The number of pyridine rings is 1. The first-order valence-corrected chi connectivity index (χ1v) is 13.9. The van der Waals surface area contributed by atoms with Crippen LogP contribution < -0.4 is 0 Å². The van der Waals surface area contributed by atoms with Crippen LogP contribution in [0.5, 0.6) is 0 Å². The third kappa shape index (κ3) is 4.58. The lowest BCUT2D eigenvalue weighted by Gasteiger charge is -2.17. The molecule has 204 valence electrons. The monoisotopic (exact) mass is 533 g/mol. The Kier molecular flexibility index (Phi) is 6.72. The Morgan fingerprint density at radius 2 is 1.73 bits per heavy atom. The van der Waals surface area contributed by atoms with Crippen LogP contribution >= 0.6 is 0 Å². The quantitative estimate of drug-likeness (QED) is 0.218. The first kappa shape index (κ1) is 26.0. The van der Waals surface area contributed by atoms with Crippen molar-refractivity contribution < 1.29 is 4.74 Å². The smallest absolute Gasteiger partial charge is 0.181 e. The van der Waals surface area contributed by atoms with E-state index in [1.807, 2.05) is 42.5 Å². The van der Waals surface area contributed by atoms with Crippen LogP contribution in [0.2, 0.25) is 0 Å². The third-order valence-electron chi connectivity index (χ3n) is 7.49. The van der Waals surface area contributed by atoms with Gasteiger partial charge in [0.15, 0.2) is 5.65 Å². The number of nitrogens with zero attached hydrogens (tertiary/aromatic N) is 7. The van der Waals surface area contributed by atoms with Crippen LogP contribution in [0, 0.1) is 13.8 Å². The number of aryl methyl sites for hydroxylation is 2. The molecule has 6 aromatic rings. The number of hydrogen-bond acceptors (Lipinski definition) is 5. The van der Waals surface area contributed by atoms with Crippen molar-refractivity contribution in [1.82, 2.24) is 34.3 Å². The highest BCUT2D eigenvalue weighted by Gasteiger charge is 2.23. The summed E-state index contributed by atoms with van der Waals surface area (Å²) in [6.45, 7) is 11.9. The van der Waals surface area contributed by atoms with Crippen molar-refractivity contribution in [2.24, 2.45) is 7.05 Å². The maximum Gasteiger partial charge on any atom is 0.181 e. The lowest BCUT2D eigenvalue weighted by Crippen LogP contribution is -2.13. The summed E-state index contributed by atoms with van der Waals surface area (Å²) in [5, 5.41) is 16.7. The number of fused-ring (bicyclic) bond motifs is 2. The van der Waals surface area contributed by atoms with Gasteiger partial charge in [-0.1, -0.05) is 56.3 Å². The highest BCUT2D eigenvalue weighted by molar-refractivity contribution is 5.94. The summed E-state index contributed by atoms with van der Waals surface area (Å²) in [7, 11) is 1.92. The van der Waals surface area contributed by atoms with Crippen LogP contribution in [0.4, 0.5) is 0 Å². The highest BCUT2D eigenvalue weighted by atomic mass is 16.5. The van der Waals surface area contributed by atoms with Crippen LogP contribution in [-0.2, 0) is 18.3 Å². The van der Waals surface area contributed by atoms with Crippen LogP contribution in [0.1, 0.15) is 55.3 Å². The third-order valence-corrected chi connectivity index (χ3v) is 7.49. The fourth-order valence-electron chi connectivity index (χ4n) is 5.69. The molecule has 8 nitrogen and oxygen atoms in total. The summed E-state index contributed by atoms with van der Waals surface area (Å²) in [6.07, 6.45) is 4.05. The van der Waals surface area contributed by atoms with Crippen molar-refractivity contribution in [1.29, 1.82) is 0 Å². The van der Waals surface area contributed by atoms with Crippen LogP contribution in [-0.4, -0.2) is 40.9 Å². The first-order chi connectivity index (χ1) is 19.3. The van der Waals surface area contributed by atoms with E-state index in [2.05, 4.69) is 80.6 Å². The number of hydrogen-bond donors (Lipinski definition) is 0. The number of ether oxygens (including phenoxy) is 1. The van der Waals surface area contributed by atoms with Crippen molar-refractivity contribution in [3.05, 3.63) is 89.5 Å². The second kappa shape index (κ2) is 10.4.